The SMILES string of the molecule is CCCCCCCC/C=C/CCCCCCCC1=[N+](CCO)CC[NH+]1CCO.[Cl-]. The third kappa shape index (κ3) is 14.3. The molecule has 0 saturated heterocycles. The predicted molar refractivity (Wildman–Crippen MR) is 119 cm³/mol. The number of nitrogens with one attached hydrogen (secondary N) is 1. The van der Waals surface area contributed by atoms with E-state index < -0.39 is 0 Å². The zero-order chi connectivity index (χ0) is 20.3. The molecule has 1 aliphatic rings. The lowest BCUT2D eigenvalue weighted by atomic mass is 10.1. The van der Waals surface area contributed by atoms with Gasteiger partial charge in [0.25, 0.3) is 0 Å². The highest BCUT2D eigenvalue weighted by molar-refractivity contribution is 5.68. The Balaban J connectivity index is 0.00000784. The summed E-state index contributed by atoms with van der Waals surface area (Å²) >= 11 is 0. The average molecular weight is 432 g/mol. The molecule has 0 aliphatic carbocycles. The third-order valence-electron chi connectivity index (χ3n) is 5.93. The third-order valence-corrected chi connectivity index (χ3v) is 5.93. The Morgan fingerprint density at radius 3 is 2.00 bits per heavy atom. The highest BCUT2D eigenvalue weighted by Gasteiger charge is 2.33. The van der Waals surface area contributed by atoms with Gasteiger partial charge in [-0.05, 0) is 32.1 Å². The van der Waals surface area contributed by atoms with Crippen LogP contribution >= 0.6 is 0 Å². The van der Waals surface area contributed by atoms with Crippen molar-refractivity contribution >= 4 is 5.84 Å². The second kappa shape index (κ2) is 20.8. The number of β-amino-alcohol motifs (C(OH)–C–C–N with tert-alkyl or cyclic N) is 1. The summed E-state index contributed by atoms with van der Waals surface area (Å²) in [5.41, 5.74) is 0. The molecule has 3 N–H and O–H groups in total. The Labute approximate surface area is 186 Å². The molecule has 0 saturated carbocycles. The van der Waals surface area contributed by atoms with E-state index in [0.29, 0.717) is 0 Å². The molecule has 29 heavy (non-hydrogen) atoms. The van der Waals surface area contributed by atoms with E-state index in [2.05, 4.69) is 23.7 Å². The Bertz CT molecular complexity index is 427. The summed E-state index contributed by atoms with van der Waals surface area (Å²) in [5.74, 6) is 1.42. The quantitative estimate of drug-likeness (QED) is 0.157. The molecule has 0 aromatic carbocycles. The van der Waals surface area contributed by atoms with Crippen LogP contribution in [0.15, 0.2) is 12.2 Å². The van der Waals surface area contributed by atoms with Crippen molar-refractivity contribution in [1.29, 1.82) is 0 Å². The van der Waals surface area contributed by atoms with Gasteiger partial charge in [0.2, 0.25) is 0 Å². The first kappa shape index (κ1) is 28.6. The summed E-state index contributed by atoms with van der Waals surface area (Å²) in [4.78, 5) is 1.42. The molecule has 4 nitrogen and oxygen atoms in total. The molecule has 0 spiro atoms. The molecule has 0 amide bonds. The largest absolute Gasteiger partial charge is 1.00 e. The number of aliphatic hydroxyl groups is 2. The van der Waals surface area contributed by atoms with Gasteiger partial charge >= 0.3 is 5.84 Å². The number of amidine groups is 1. The zero-order valence-electron chi connectivity index (χ0n) is 19.0. The van der Waals surface area contributed by atoms with E-state index in [4.69, 9.17) is 0 Å². The van der Waals surface area contributed by atoms with E-state index >= 15 is 0 Å². The van der Waals surface area contributed by atoms with Gasteiger partial charge in [0.15, 0.2) is 13.1 Å². The van der Waals surface area contributed by atoms with Crippen LogP contribution in [-0.2, 0) is 0 Å². The number of allylic oxidation sites excluding steroid dienone is 2. The Morgan fingerprint density at radius 1 is 0.828 bits per heavy atom. The molecule has 0 aromatic rings. The van der Waals surface area contributed by atoms with Gasteiger partial charge in [-0.3, -0.25) is 0 Å². The van der Waals surface area contributed by atoms with Crippen molar-refractivity contribution in [2.24, 2.45) is 0 Å². The summed E-state index contributed by atoms with van der Waals surface area (Å²) < 4.78 is 2.33. The summed E-state index contributed by atoms with van der Waals surface area (Å²) in [5, 5.41) is 18.5. The zero-order valence-corrected chi connectivity index (χ0v) is 19.8. The van der Waals surface area contributed by atoms with E-state index in [9.17, 15) is 10.2 Å². The molecule has 0 bridgehead atoms. The van der Waals surface area contributed by atoms with Crippen molar-refractivity contribution in [3.05, 3.63) is 12.2 Å². The van der Waals surface area contributed by atoms with Gasteiger partial charge in [-0.15, -0.1) is 0 Å². The van der Waals surface area contributed by atoms with Crippen LogP contribution < -0.4 is 17.3 Å². The molecule has 172 valence electrons. The van der Waals surface area contributed by atoms with Crippen LogP contribution in [0.2, 0.25) is 0 Å². The van der Waals surface area contributed by atoms with Gasteiger partial charge < -0.3 is 22.6 Å². The molecule has 0 radical (unpaired) electrons. The molecular formula is C24H48ClN2O2+. The van der Waals surface area contributed by atoms with Crippen molar-refractivity contribution in [3.8, 4) is 0 Å². The second-order valence-electron chi connectivity index (χ2n) is 8.32. The molecule has 1 aliphatic heterocycles. The smallest absolute Gasteiger partial charge is 0.337 e. The normalized spacial score (nSPS) is 16.7. The number of halogens is 1. The molecular weight excluding hydrogens is 384 g/mol. The molecule has 1 unspecified atom stereocenters. The van der Waals surface area contributed by atoms with Crippen LogP contribution in [-0.4, -0.2) is 60.0 Å². The van der Waals surface area contributed by atoms with Crippen molar-refractivity contribution < 1.29 is 32.1 Å². The van der Waals surface area contributed by atoms with Crippen molar-refractivity contribution in [2.75, 3.05) is 39.4 Å². The minimum Gasteiger partial charge on any atom is -1.00 e. The van der Waals surface area contributed by atoms with E-state index in [1.807, 2.05) is 0 Å². The number of hydrogen-bond donors (Lipinski definition) is 3. The molecule has 0 aromatic heterocycles. The monoisotopic (exact) mass is 431 g/mol. The number of nitrogens with zero attached hydrogens (tertiary/aromatic N) is 1. The fraction of sp³-hybridized carbons (Fsp3) is 0.875. The van der Waals surface area contributed by atoms with Gasteiger partial charge in [-0.25, -0.2) is 4.90 Å². The van der Waals surface area contributed by atoms with Crippen LogP contribution in [0.5, 0.6) is 0 Å². The van der Waals surface area contributed by atoms with E-state index in [-0.39, 0.29) is 25.6 Å². The fourth-order valence-electron chi connectivity index (χ4n) is 4.24. The van der Waals surface area contributed by atoms with Gasteiger partial charge in [0.1, 0.15) is 19.7 Å². The Kier molecular flexibility index (Phi) is 20.5. The second-order valence-corrected chi connectivity index (χ2v) is 8.32. The van der Waals surface area contributed by atoms with Gasteiger partial charge in [0, 0.05) is 0 Å². The lowest BCUT2D eigenvalue weighted by Crippen LogP contribution is -3.14. The van der Waals surface area contributed by atoms with Crippen LogP contribution in [0.3, 0.4) is 0 Å². The number of rotatable bonds is 19. The highest BCUT2D eigenvalue weighted by Crippen LogP contribution is 2.10. The van der Waals surface area contributed by atoms with Crippen LogP contribution in [0.1, 0.15) is 96.8 Å². The number of unbranched alkanes of at least 4 members (excludes halogenated alkanes) is 11. The first-order valence-electron chi connectivity index (χ1n) is 12.2. The number of aliphatic hydroxyl groups excluding tert-OH is 2. The maximum absolute atomic E-state index is 9.26. The van der Waals surface area contributed by atoms with E-state index in [0.717, 1.165) is 32.6 Å². The number of hydrogen-bond acceptors (Lipinski definition) is 2. The van der Waals surface area contributed by atoms with E-state index in [1.54, 1.807) is 0 Å². The van der Waals surface area contributed by atoms with Crippen LogP contribution in [0.25, 0.3) is 0 Å². The minimum atomic E-state index is 0. The van der Waals surface area contributed by atoms with Crippen molar-refractivity contribution in [1.82, 2.24) is 0 Å². The predicted octanol–water partition coefficient (Wildman–Crippen LogP) is 0.322. The highest BCUT2D eigenvalue weighted by atomic mass is 35.5. The minimum absolute atomic E-state index is 0. The average Bonchev–Trinajstić information content (AvgIpc) is 3.07. The topological polar surface area (TPSA) is 47.9 Å². The van der Waals surface area contributed by atoms with Crippen LogP contribution in [0.4, 0.5) is 0 Å². The molecule has 1 heterocycles. The first-order valence-corrected chi connectivity index (χ1v) is 12.2. The fourth-order valence-corrected chi connectivity index (χ4v) is 4.24. The molecule has 5 heteroatoms. The standard InChI is InChI=1S/C24H47N2O2.ClH/c1-2-3-4-5-6-7-8-9-10-11-12-13-14-15-16-17-24-25(20-22-27)18-19-26(24)21-23-28;/h9-10,27-28H,2-8,11-23H2,1H3;1H/q+1;/b10-9+;. The first-order chi connectivity index (χ1) is 13.8. The molecule has 1 rings (SSSR count). The Hall–Kier alpha value is -0.420. The lowest BCUT2D eigenvalue weighted by molar-refractivity contribution is -0.803. The summed E-state index contributed by atoms with van der Waals surface area (Å²) in [6, 6.07) is 0. The maximum Gasteiger partial charge on any atom is 0.337 e. The summed E-state index contributed by atoms with van der Waals surface area (Å²) in [6.07, 6.45) is 23.3. The van der Waals surface area contributed by atoms with Gasteiger partial charge in [-0.1, -0.05) is 70.4 Å². The van der Waals surface area contributed by atoms with Gasteiger partial charge in [0.05, 0.1) is 13.0 Å². The van der Waals surface area contributed by atoms with Crippen molar-refractivity contribution in [2.45, 2.75) is 96.8 Å². The molecule has 1 atom stereocenters. The Morgan fingerprint density at radius 2 is 1.41 bits per heavy atom. The summed E-state index contributed by atoms with van der Waals surface area (Å²) in [7, 11) is 0. The lowest BCUT2D eigenvalue weighted by Gasteiger charge is -2.09. The molecule has 0 fully saturated rings. The van der Waals surface area contributed by atoms with Crippen LogP contribution in [0, 0.1) is 0 Å². The maximum atomic E-state index is 9.26. The van der Waals surface area contributed by atoms with Crippen molar-refractivity contribution in [3.63, 3.8) is 0 Å². The number of quaternary nitrogens is 1. The summed E-state index contributed by atoms with van der Waals surface area (Å²) in [6.45, 7) is 6.40. The van der Waals surface area contributed by atoms with E-state index in [1.165, 1.54) is 94.2 Å². The van der Waals surface area contributed by atoms with Gasteiger partial charge in [-0.2, -0.15) is 4.58 Å².